The topological polar surface area (TPSA) is 0 Å². The lowest BCUT2D eigenvalue weighted by molar-refractivity contribution is 0.660. The van der Waals surface area contributed by atoms with Gasteiger partial charge in [-0.25, -0.2) is 0 Å². The molecule has 0 atom stereocenters. The average molecular weight is 723 g/mol. The van der Waals surface area contributed by atoms with Gasteiger partial charge >= 0.3 is 0 Å². The Kier molecular flexibility index (Phi) is 6.78. The first-order chi connectivity index (χ1) is 28.0. The van der Waals surface area contributed by atoms with Crippen LogP contribution in [0.3, 0.4) is 0 Å². The molecule has 0 aromatic heterocycles. The maximum Gasteiger partial charge on any atom is 0.0159 e. The van der Waals surface area contributed by atoms with Crippen LogP contribution in [0.15, 0.2) is 194 Å². The van der Waals surface area contributed by atoms with Gasteiger partial charge in [0.15, 0.2) is 0 Å². The molecule has 0 saturated carbocycles. The van der Waals surface area contributed by atoms with E-state index in [0.717, 1.165) is 0 Å². The van der Waals surface area contributed by atoms with Crippen LogP contribution in [0.25, 0.3) is 109 Å². The molecule has 0 amide bonds. The second-order valence-electron chi connectivity index (χ2n) is 16.4. The van der Waals surface area contributed by atoms with Gasteiger partial charge in [0.2, 0.25) is 0 Å². The Labute approximate surface area is 332 Å². The van der Waals surface area contributed by atoms with Crippen molar-refractivity contribution in [3.63, 3.8) is 0 Å². The molecule has 266 valence electrons. The Bertz CT molecular complexity index is 3490. The maximum absolute atomic E-state index is 2.49. The number of rotatable bonds is 3. The van der Waals surface area contributed by atoms with Crippen molar-refractivity contribution >= 4 is 64.6 Å². The molecule has 11 aromatic carbocycles. The summed E-state index contributed by atoms with van der Waals surface area (Å²) >= 11 is 0. The van der Waals surface area contributed by atoms with Gasteiger partial charge in [0.05, 0.1) is 0 Å². The maximum atomic E-state index is 2.49. The van der Waals surface area contributed by atoms with E-state index < -0.39 is 0 Å². The minimum absolute atomic E-state index is 0.0749. The van der Waals surface area contributed by atoms with Crippen LogP contribution in [-0.4, -0.2) is 0 Å². The average Bonchev–Trinajstić information content (AvgIpc) is 3.50. The zero-order valence-electron chi connectivity index (χ0n) is 32.0. The summed E-state index contributed by atoms with van der Waals surface area (Å²) in [5.41, 5.74) is 13.0. The molecule has 0 nitrogen and oxygen atoms in total. The first-order valence-corrected chi connectivity index (χ1v) is 20.1. The van der Waals surface area contributed by atoms with E-state index in [0.29, 0.717) is 0 Å². The van der Waals surface area contributed by atoms with Gasteiger partial charge < -0.3 is 0 Å². The van der Waals surface area contributed by atoms with E-state index in [4.69, 9.17) is 0 Å². The molecule has 0 bridgehead atoms. The summed E-state index contributed by atoms with van der Waals surface area (Å²) in [6.07, 6.45) is 0. The standard InChI is InChI=1S/C57H38/c1-57(2)53-26-14-13-23-45(53)46-29-27-36(34-54(46)57)35-28-30-49-52(31-35)56(51-33-38-16-4-6-18-40(38)42-20-8-10-22-44(42)51)48-25-12-11-24-47(48)55(49)50-32-37-15-3-5-17-39(37)41-19-7-9-21-43(41)50/h3-34H,1-2H3. The molecule has 0 saturated heterocycles. The zero-order chi connectivity index (χ0) is 37.8. The second-order valence-corrected chi connectivity index (χ2v) is 16.4. The van der Waals surface area contributed by atoms with Gasteiger partial charge in [-0.1, -0.05) is 184 Å². The quantitative estimate of drug-likeness (QED) is 0.126. The molecule has 0 fully saturated rings. The van der Waals surface area contributed by atoms with Gasteiger partial charge in [-0.05, 0) is 145 Å². The van der Waals surface area contributed by atoms with Crippen LogP contribution in [0.5, 0.6) is 0 Å². The zero-order valence-corrected chi connectivity index (χ0v) is 32.0. The first-order valence-electron chi connectivity index (χ1n) is 20.1. The number of hydrogen-bond acceptors (Lipinski definition) is 0. The molecule has 12 rings (SSSR count). The Hall–Kier alpha value is -7.02. The Morgan fingerprint density at radius 3 is 1.30 bits per heavy atom. The SMILES string of the molecule is CC1(C)c2ccccc2-c2ccc(-c3ccc4c(-c5cc6ccccc6c6ccccc56)c5ccccc5c(-c5cc6ccccc6c6ccccc56)c4c3)cc21. The molecule has 1 aliphatic rings. The minimum Gasteiger partial charge on any atom is -0.0619 e. The van der Waals surface area contributed by atoms with E-state index in [1.54, 1.807) is 0 Å². The highest BCUT2D eigenvalue weighted by Crippen LogP contribution is 2.52. The molecule has 0 N–H and O–H groups in total. The molecule has 0 spiro atoms. The Morgan fingerprint density at radius 1 is 0.263 bits per heavy atom. The van der Waals surface area contributed by atoms with Crippen LogP contribution in [0, 0.1) is 0 Å². The lowest BCUT2D eigenvalue weighted by Crippen LogP contribution is -2.14. The largest absolute Gasteiger partial charge is 0.0619 e. The monoisotopic (exact) mass is 722 g/mol. The fourth-order valence-corrected chi connectivity index (χ4v) is 10.3. The summed E-state index contributed by atoms with van der Waals surface area (Å²) in [7, 11) is 0. The summed E-state index contributed by atoms with van der Waals surface area (Å²) < 4.78 is 0. The third kappa shape index (κ3) is 4.62. The van der Waals surface area contributed by atoms with Gasteiger partial charge in [0.25, 0.3) is 0 Å². The normalized spacial score (nSPS) is 13.2. The molecule has 0 heteroatoms. The molecule has 57 heavy (non-hydrogen) atoms. The summed E-state index contributed by atoms with van der Waals surface area (Å²) in [5, 5.41) is 15.3. The van der Waals surface area contributed by atoms with E-state index in [1.807, 2.05) is 0 Å². The highest BCUT2D eigenvalue weighted by molar-refractivity contribution is 6.28. The van der Waals surface area contributed by atoms with Crippen LogP contribution in [-0.2, 0) is 5.41 Å². The fourth-order valence-electron chi connectivity index (χ4n) is 10.3. The Morgan fingerprint density at radius 2 is 0.684 bits per heavy atom. The molecule has 0 radical (unpaired) electrons. The van der Waals surface area contributed by atoms with Crippen LogP contribution in [0.1, 0.15) is 25.0 Å². The second kappa shape index (κ2) is 12.0. The van der Waals surface area contributed by atoms with Gasteiger partial charge in [-0.15, -0.1) is 0 Å². The van der Waals surface area contributed by atoms with E-state index in [2.05, 4.69) is 208 Å². The number of benzene rings is 11. The van der Waals surface area contributed by atoms with Crippen molar-refractivity contribution in [2.45, 2.75) is 19.3 Å². The summed E-state index contributed by atoms with van der Waals surface area (Å²) in [4.78, 5) is 0. The number of fused-ring (bicyclic) bond motifs is 11. The highest BCUT2D eigenvalue weighted by atomic mass is 14.4. The summed E-state index contributed by atoms with van der Waals surface area (Å²) in [5.74, 6) is 0. The summed E-state index contributed by atoms with van der Waals surface area (Å²) in [6, 6.07) is 72.9. The lowest BCUT2D eigenvalue weighted by Gasteiger charge is -2.23. The minimum atomic E-state index is -0.0749. The van der Waals surface area contributed by atoms with Crippen molar-refractivity contribution in [1.29, 1.82) is 0 Å². The molecular weight excluding hydrogens is 685 g/mol. The predicted octanol–water partition coefficient (Wildman–Crippen LogP) is 15.9. The van der Waals surface area contributed by atoms with E-state index >= 15 is 0 Å². The Balaban J connectivity index is 1.22. The molecule has 1 aliphatic carbocycles. The molecule has 0 aliphatic heterocycles. The van der Waals surface area contributed by atoms with Crippen molar-refractivity contribution in [3.05, 3.63) is 205 Å². The first kappa shape index (κ1) is 32.2. The number of hydrogen-bond donors (Lipinski definition) is 0. The summed E-state index contributed by atoms with van der Waals surface area (Å²) in [6.45, 7) is 4.74. The predicted molar refractivity (Wildman–Crippen MR) is 245 cm³/mol. The van der Waals surface area contributed by atoms with Gasteiger partial charge in [0.1, 0.15) is 0 Å². The van der Waals surface area contributed by atoms with Gasteiger partial charge in [0, 0.05) is 5.41 Å². The van der Waals surface area contributed by atoms with Crippen molar-refractivity contribution < 1.29 is 0 Å². The molecule has 0 heterocycles. The van der Waals surface area contributed by atoms with Gasteiger partial charge in [-0.2, -0.15) is 0 Å². The molecule has 11 aromatic rings. The molecular formula is C57H38. The smallest absolute Gasteiger partial charge is 0.0159 e. The fraction of sp³-hybridized carbons (Fsp3) is 0.0526. The van der Waals surface area contributed by atoms with Crippen LogP contribution in [0.4, 0.5) is 0 Å². The van der Waals surface area contributed by atoms with Crippen molar-refractivity contribution in [3.8, 4) is 44.5 Å². The highest BCUT2D eigenvalue weighted by Gasteiger charge is 2.35. The van der Waals surface area contributed by atoms with E-state index in [1.165, 1.54) is 120 Å². The third-order valence-corrected chi connectivity index (χ3v) is 13.0. The van der Waals surface area contributed by atoms with Crippen molar-refractivity contribution in [2.24, 2.45) is 0 Å². The van der Waals surface area contributed by atoms with E-state index in [9.17, 15) is 0 Å². The van der Waals surface area contributed by atoms with Crippen molar-refractivity contribution in [2.75, 3.05) is 0 Å². The van der Waals surface area contributed by atoms with Crippen LogP contribution in [0.2, 0.25) is 0 Å². The van der Waals surface area contributed by atoms with Gasteiger partial charge in [-0.3, -0.25) is 0 Å². The molecule has 0 unspecified atom stereocenters. The third-order valence-electron chi connectivity index (χ3n) is 13.0. The van der Waals surface area contributed by atoms with Crippen LogP contribution < -0.4 is 0 Å². The van der Waals surface area contributed by atoms with E-state index in [-0.39, 0.29) is 5.41 Å². The van der Waals surface area contributed by atoms with Crippen LogP contribution >= 0.6 is 0 Å². The van der Waals surface area contributed by atoms with Crippen molar-refractivity contribution in [1.82, 2.24) is 0 Å². The lowest BCUT2D eigenvalue weighted by atomic mass is 9.80.